The molecule has 8 nitrogen and oxygen atoms in total. The minimum atomic E-state index is 0.512. The van der Waals surface area contributed by atoms with Gasteiger partial charge in [0.05, 0.1) is 39.0 Å². The Bertz CT molecular complexity index is 968. The summed E-state index contributed by atoms with van der Waals surface area (Å²) in [6.45, 7) is 0. The van der Waals surface area contributed by atoms with Gasteiger partial charge in [-0.1, -0.05) is 0 Å². The Hall–Kier alpha value is -3.42. The Morgan fingerprint density at radius 2 is 1.08 bits per heavy atom. The van der Waals surface area contributed by atoms with Crippen LogP contribution in [0, 0.1) is 0 Å². The lowest BCUT2D eigenvalue weighted by Crippen LogP contribution is -1.96. The summed E-state index contributed by atoms with van der Waals surface area (Å²) in [6.07, 6.45) is 6.45. The van der Waals surface area contributed by atoms with Crippen LogP contribution in [0.25, 0.3) is 33.7 Å². The first-order valence-corrected chi connectivity index (χ1v) is 7.11. The number of rotatable bonds is 3. The summed E-state index contributed by atoms with van der Waals surface area (Å²) in [5, 5.41) is 0. The van der Waals surface area contributed by atoms with Crippen molar-refractivity contribution in [3.8, 4) is 22.9 Å². The highest BCUT2D eigenvalue weighted by molar-refractivity contribution is 5.76. The first-order chi connectivity index (χ1) is 11.8. The summed E-state index contributed by atoms with van der Waals surface area (Å²) >= 11 is 0. The number of pyridine rings is 2. The number of methoxy groups -OCH3 is 2. The number of aromatic nitrogens is 6. The highest BCUT2D eigenvalue weighted by atomic mass is 16.5. The van der Waals surface area contributed by atoms with Crippen LogP contribution in [0.4, 0.5) is 0 Å². The molecule has 24 heavy (non-hydrogen) atoms. The van der Waals surface area contributed by atoms with E-state index in [1.807, 2.05) is 0 Å². The summed E-state index contributed by atoms with van der Waals surface area (Å²) < 4.78 is 10.3. The van der Waals surface area contributed by atoms with Crippen molar-refractivity contribution in [1.29, 1.82) is 0 Å². The average Bonchev–Trinajstić information content (AvgIpc) is 2.66. The predicted molar refractivity (Wildman–Crippen MR) is 86.8 cm³/mol. The van der Waals surface area contributed by atoms with E-state index < -0.39 is 0 Å². The van der Waals surface area contributed by atoms with Crippen molar-refractivity contribution < 1.29 is 9.47 Å². The van der Waals surface area contributed by atoms with Crippen LogP contribution in [-0.4, -0.2) is 44.1 Å². The summed E-state index contributed by atoms with van der Waals surface area (Å²) in [4.78, 5) is 26.2. The van der Waals surface area contributed by atoms with Crippen molar-refractivity contribution in [3.05, 3.63) is 36.9 Å². The van der Waals surface area contributed by atoms with Crippen LogP contribution in [0.1, 0.15) is 0 Å². The van der Waals surface area contributed by atoms with Crippen LogP contribution in [0.2, 0.25) is 0 Å². The second kappa shape index (κ2) is 5.65. The van der Waals surface area contributed by atoms with Gasteiger partial charge in [-0.25, -0.2) is 19.9 Å². The molecule has 0 atom stereocenters. The van der Waals surface area contributed by atoms with Gasteiger partial charge < -0.3 is 9.47 Å². The lowest BCUT2D eigenvalue weighted by atomic mass is 10.3. The van der Waals surface area contributed by atoms with Crippen LogP contribution in [0.5, 0.6) is 11.5 Å². The number of hydrogen-bond donors (Lipinski definition) is 0. The molecule has 0 aliphatic carbocycles. The van der Waals surface area contributed by atoms with Gasteiger partial charge in [0.15, 0.2) is 11.3 Å². The van der Waals surface area contributed by atoms with Gasteiger partial charge in [-0.15, -0.1) is 0 Å². The zero-order valence-electron chi connectivity index (χ0n) is 13.0. The first-order valence-electron chi connectivity index (χ1n) is 7.11. The Labute approximate surface area is 136 Å². The molecule has 8 heteroatoms. The van der Waals surface area contributed by atoms with Crippen LogP contribution >= 0.6 is 0 Å². The van der Waals surface area contributed by atoms with Gasteiger partial charge in [0.25, 0.3) is 0 Å². The fourth-order valence-corrected chi connectivity index (χ4v) is 2.23. The van der Waals surface area contributed by atoms with Crippen LogP contribution in [0.3, 0.4) is 0 Å². The molecule has 118 valence electrons. The predicted octanol–water partition coefficient (Wildman–Crippen LogP) is 2.05. The normalized spacial score (nSPS) is 10.9. The molecular formula is C16H12N6O2. The minimum Gasteiger partial charge on any atom is -0.495 e. The highest BCUT2D eigenvalue weighted by Crippen LogP contribution is 2.21. The van der Waals surface area contributed by atoms with Crippen LogP contribution in [0.15, 0.2) is 36.9 Å². The topological polar surface area (TPSA) is 95.8 Å². The van der Waals surface area contributed by atoms with E-state index >= 15 is 0 Å². The minimum absolute atomic E-state index is 0.512. The molecule has 0 radical (unpaired) electrons. The molecule has 0 N–H and O–H groups in total. The molecule has 4 rings (SSSR count). The van der Waals surface area contributed by atoms with Gasteiger partial charge in [0.2, 0.25) is 0 Å². The van der Waals surface area contributed by atoms with Crippen LogP contribution in [-0.2, 0) is 0 Å². The smallest absolute Gasteiger partial charge is 0.179 e. The standard InChI is InChI=1S/C16H12N6O2/c1-23-9-3-11-15(19-5-9)21-13(7-17-11)14-8-18-12-4-10(24-2)6-20-16(12)22-14/h3-8H,1-2H3. The second-order valence-electron chi connectivity index (χ2n) is 4.95. The molecular weight excluding hydrogens is 308 g/mol. The van der Waals surface area contributed by atoms with Crippen molar-refractivity contribution in [1.82, 2.24) is 29.9 Å². The average molecular weight is 320 g/mol. The zero-order chi connectivity index (χ0) is 16.5. The van der Waals surface area contributed by atoms with Gasteiger partial charge in [-0.3, -0.25) is 9.97 Å². The zero-order valence-corrected chi connectivity index (χ0v) is 13.0. The molecule has 0 aromatic carbocycles. The molecule has 0 amide bonds. The van der Waals surface area contributed by atoms with E-state index in [0.29, 0.717) is 45.2 Å². The fourth-order valence-electron chi connectivity index (χ4n) is 2.23. The number of fused-ring (bicyclic) bond motifs is 2. The quantitative estimate of drug-likeness (QED) is 0.566. The van der Waals surface area contributed by atoms with Crippen molar-refractivity contribution in [2.45, 2.75) is 0 Å². The Kier molecular flexibility index (Phi) is 3.34. The molecule has 4 aromatic rings. The molecule has 0 fully saturated rings. The number of nitrogens with zero attached hydrogens (tertiary/aromatic N) is 6. The molecule has 0 saturated heterocycles. The summed E-state index contributed by atoms with van der Waals surface area (Å²) in [6, 6.07) is 3.55. The van der Waals surface area contributed by atoms with E-state index in [0.717, 1.165) is 0 Å². The third kappa shape index (κ3) is 2.43. The molecule has 0 saturated carbocycles. The third-order valence-corrected chi connectivity index (χ3v) is 3.48. The van der Waals surface area contributed by atoms with E-state index in [9.17, 15) is 0 Å². The second-order valence-corrected chi connectivity index (χ2v) is 4.95. The van der Waals surface area contributed by atoms with Gasteiger partial charge in [0, 0.05) is 12.1 Å². The Morgan fingerprint density at radius 1 is 0.625 bits per heavy atom. The van der Waals surface area contributed by atoms with E-state index in [1.54, 1.807) is 51.1 Å². The number of hydrogen-bond acceptors (Lipinski definition) is 8. The van der Waals surface area contributed by atoms with Gasteiger partial charge in [0.1, 0.15) is 33.9 Å². The highest BCUT2D eigenvalue weighted by Gasteiger charge is 2.09. The van der Waals surface area contributed by atoms with E-state index in [-0.39, 0.29) is 0 Å². The largest absolute Gasteiger partial charge is 0.495 e. The monoisotopic (exact) mass is 320 g/mol. The van der Waals surface area contributed by atoms with E-state index in [1.165, 1.54) is 0 Å². The SMILES string of the molecule is COc1cnc2nc(-c3cnc4cc(OC)cnc4n3)cnc2c1. The van der Waals surface area contributed by atoms with E-state index in [4.69, 9.17) is 9.47 Å². The van der Waals surface area contributed by atoms with Crippen molar-refractivity contribution in [2.24, 2.45) is 0 Å². The maximum absolute atomic E-state index is 5.13. The molecule has 4 aromatic heterocycles. The maximum Gasteiger partial charge on any atom is 0.179 e. The Balaban J connectivity index is 1.79. The fraction of sp³-hybridized carbons (Fsp3) is 0.125. The molecule has 0 unspecified atom stereocenters. The van der Waals surface area contributed by atoms with Gasteiger partial charge in [-0.2, -0.15) is 0 Å². The van der Waals surface area contributed by atoms with Gasteiger partial charge in [-0.05, 0) is 0 Å². The maximum atomic E-state index is 5.13. The van der Waals surface area contributed by atoms with Crippen molar-refractivity contribution in [2.75, 3.05) is 14.2 Å². The summed E-state index contributed by atoms with van der Waals surface area (Å²) in [7, 11) is 3.16. The molecule has 0 spiro atoms. The lowest BCUT2D eigenvalue weighted by Gasteiger charge is -2.04. The van der Waals surface area contributed by atoms with Crippen molar-refractivity contribution in [3.63, 3.8) is 0 Å². The molecule has 0 aliphatic rings. The lowest BCUT2D eigenvalue weighted by molar-refractivity contribution is 0.413. The van der Waals surface area contributed by atoms with Crippen LogP contribution < -0.4 is 9.47 Å². The molecule has 0 aliphatic heterocycles. The molecule has 4 heterocycles. The van der Waals surface area contributed by atoms with Gasteiger partial charge >= 0.3 is 0 Å². The Morgan fingerprint density at radius 3 is 1.50 bits per heavy atom. The van der Waals surface area contributed by atoms with E-state index in [2.05, 4.69) is 29.9 Å². The third-order valence-electron chi connectivity index (χ3n) is 3.48. The van der Waals surface area contributed by atoms with Crippen molar-refractivity contribution >= 4 is 22.3 Å². The number of ether oxygens (including phenoxy) is 2. The summed E-state index contributed by atoms with van der Waals surface area (Å²) in [5.74, 6) is 1.27. The summed E-state index contributed by atoms with van der Waals surface area (Å²) in [5.41, 5.74) is 3.47. The first kappa shape index (κ1) is 14.2. The molecule has 0 bridgehead atoms.